The fraction of sp³-hybridized carbons (Fsp3) is 0.250. The number of aryl methyl sites for hydroxylation is 1. The third-order valence-electron chi connectivity index (χ3n) is 4.75. The number of rotatable bonds is 4. The number of nitrogens with one attached hydrogen (secondary N) is 3. The van der Waals surface area contributed by atoms with Crippen molar-refractivity contribution in [1.82, 2.24) is 10.9 Å². The number of fused-ring (bicyclic) bond motifs is 1. The van der Waals surface area contributed by atoms with Gasteiger partial charge in [0, 0.05) is 12.2 Å². The molecule has 29 heavy (non-hydrogen) atoms. The quantitative estimate of drug-likeness (QED) is 0.716. The summed E-state index contributed by atoms with van der Waals surface area (Å²) in [5.74, 6) is -1.05. The van der Waals surface area contributed by atoms with Gasteiger partial charge in [0.2, 0.25) is 11.8 Å². The van der Waals surface area contributed by atoms with Gasteiger partial charge in [0.25, 0.3) is 0 Å². The number of hydrogen-bond acceptors (Lipinski definition) is 6. The van der Waals surface area contributed by atoms with Gasteiger partial charge in [-0.25, -0.2) is 14.8 Å². The van der Waals surface area contributed by atoms with E-state index in [0.29, 0.717) is 23.1 Å². The van der Waals surface area contributed by atoms with Gasteiger partial charge in [-0.3, -0.25) is 19.9 Å². The number of hydrogen-bond donors (Lipinski definition) is 3. The monoisotopic (exact) mass is 413 g/mol. The average Bonchev–Trinajstić information content (AvgIpc) is 3.19. The SMILES string of the molecule is Cc1ccc(F)cc1NC(=O)CSC1=NC2NNCC2C(=O)N1c1ccccc1. The van der Waals surface area contributed by atoms with Gasteiger partial charge in [0.1, 0.15) is 12.0 Å². The Morgan fingerprint density at radius 3 is 2.90 bits per heavy atom. The van der Waals surface area contributed by atoms with Crippen molar-refractivity contribution in [2.45, 2.75) is 13.1 Å². The fourth-order valence-corrected chi connectivity index (χ4v) is 4.07. The number of amidine groups is 1. The Labute approximate surface area is 171 Å². The van der Waals surface area contributed by atoms with Gasteiger partial charge in [0.05, 0.1) is 17.4 Å². The minimum absolute atomic E-state index is 0.0379. The number of anilines is 2. The number of para-hydroxylation sites is 1. The van der Waals surface area contributed by atoms with E-state index in [-0.39, 0.29) is 29.7 Å². The highest BCUT2D eigenvalue weighted by molar-refractivity contribution is 8.14. The molecule has 2 aromatic carbocycles. The normalized spacial score (nSPS) is 21.0. The van der Waals surface area contributed by atoms with Crippen LogP contribution in [0.25, 0.3) is 0 Å². The van der Waals surface area contributed by atoms with Crippen molar-refractivity contribution in [3.05, 3.63) is 59.9 Å². The van der Waals surface area contributed by atoms with Crippen molar-refractivity contribution in [3.63, 3.8) is 0 Å². The molecule has 0 bridgehead atoms. The molecule has 0 aliphatic carbocycles. The van der Waals surface area contributed by atoms with Crippen LogP contribution >= 0.6 is 11.8 Å². The van der Waals surface area contributed by atoms with E-state index in [1.165, 1.54) is 23.9 Å². The molecule has 2 atom stereocenters. The van der Waals surface area contributed by atoms with E-state index in [1.54, 1.807) is 17.9 Å². The van der Waals surface area contributed by atoms with Crippen LogP contribution in [0.5, 0.6) is 0 Å². The maximum Gasteiger partial charge on any atom is 0.241 e. The predicted octanol–water partition coefficient (Wildman–Crippen LogP) is 2.26. The Morgan fingerprint density at radius 1 is 1.31 bits per heavy atom. The van der Waals surface area contributed by atoms with Gasteiger partial charge < -0.3 is 5.32 Å². The van der Waals surface area contributed by atoms with Crippen LogP contribution in [0, 0.1) is 18.7 Å². The van der Waals surface area contributed by atoms with E-state index in [4.69, 9.17) is 0 Å². The highest BCUT2D eigenvalue weighted by Crippen LogP contribution is 2.29. The van der Waals surface area contributed by atoms with Gasteiger partial charge in [-0.2, -0.15) is 0 Å². The third kappa shape index (κ3) is 4.16. The molecule has 9 heteroatoms. The zero-order chi connectivity index (χ0) is 20.4. The topological polar surface area (TPSA) is 85.8 Å². The molecule has 2 amide bonds. The van der Waals surface area contributed by atoms with Crippen LogP contribution < -0.4 is 21.1 Å². The first kappa shape index (κ1) is 19.6. The van der Waals surface area contributed by atoms with Crippen LogP contribution in [-0.2, 0) is 9.59 Å². The summed E-state index contributed by atoms with van der Waals surface area (Å²) in [6.45, 7) is 2.29. The number of amides is 2. The second-order valence-electron chi connectivity index (χ2n) is 6.79. The molecular formula is C20H20FN5O2S. The second-order valence-corrected chi connectivity index (χ2v) is 7.74. The van der Waals surface area contributed by atoms with Crippen molar-refractivity contribution in [3.8, 4) is 0 Å². The Bertz CT molecular complexity index is 969. The molecule has 3 N–H and O–H groups in total. The minimum atomic E-state index is -0.415. The Morgan fingerprint density at radius 2 is 2.10 bits per heavy atom. The van der Waals surface area contributed by atoms with Crippen LogP contribution in [0.2, 0.25) is 0 Å². The fourth-order valence-electron chi connectivity index (χ4n) is 3.23. The van der Waals surface area contributed by atoms with Crippen LogP contribution in [0.15, 0.2) is 53.5 Å². The van der Waals surface area contributed by atoms with E-state index in [1.807, 2.05) is 30.3 Å². The first-order chi connectivity index (χ1) is 14.0. The number of halogens is 1. The molecular weight excluding hydrogens is 393 g/mol. The lowest BCUT2D eigenvalue weighted by atomic mass is 10.1. The number of benzene rings is 2. The van der Waals surface area contributed by atoms with E-state index >= 15 is 0 Å². The summed E-state index contributed by atoms with van der Waals surface area (Å²) >= 11 is 1.17. The number of hydrazine groups is 1. The van der Waals surface area contributed by atoms with Crippen molar-refractivity contribution in [1.29, 1.82) is 0 Å². The zero-order valence-corrected chi connectivity index (χ0v) is 16.5. The van der Waals surface area contributed by atoms with Crippen LogP contribution in [0.4, 0.5) is 15.8 Å². The number of carbonyl (C=O) groups is 2. The standard InChI is InChI=1S/C20H20FN5O2S/c1-12-7-8-13(21)9-16(12)23-17(27)11-29-20-24-18-15(10-22-25-18)19(28)26(20)14-5-3-2-4-6-14/h2-9,15,18,22,25H,10-11H2,1H3,(H,23,27). The first-order valence-corrected chi connectivity index (χ1v) is 10.2. The number of aliphatic imine (C=N–C) groups is 1. The molecule has 2 aliphatic heterocycles. The maximum absolute atomic E-state index is 13.4. The Hall–Kier alpha value is -2.75. The van der Waals surface area contributed by atoms with Gasteiger partial charge in [-0.15, -0.1) is 0 Å². The Balaban J connectivity index is 1.51. The molecule has 1 fully saturated rings. The first-order valence-electron chi connectivity index (χ1n) is 9.17. The molecule has 0 aromatic heterocycles. The summed E-state index contributed by atoms with van der Waals surface area (Å²) in [7, 11) is 0. The third-order valence-corrected chi connectivity index (χ3v) is 5.70. The van der Waals surface area contributed by atoms with E-state index in [0.717, 1.165) is 5.56 Å². The van der Waals surface area contributed by atoms with Crippen molar-refractivity contribution < 1.29 is 14.0 Å². The molecule has 150 valence electrons. The lowest BCUT2D eigenvalue weighted by Crippen LogP contribution is -2.49. The summed E-state index contributed by atoms with van der Waals surface area (Å²) in [4.78, 5) is 31.7. The van der Waals surface area contributed by atoms with Crippen LogP contribution in [-0.4, -0.2) is 35.4 Å². The average molecular weight is 413 g/mol. The van der Waals surface area contributed by atoms with Crippen molar-refractivity contribution >= 4 is 40.1 Å². The summed E-state index contributed by atoms with van der Waals surface area (Å²) in [6.07, 6.45) is -0.363. The van der Waals surface area contributed by atoms with Gasteiger partial charge in [-0.1, -0.05) is 36.0 Å². The summed E-state index contributed by atoms with van der Waals surface area (Å²) in [5, 5.41) is 3.17. The summed E-state index contributed by atoms with van der Waals surface area (Å²) in [6, 6.07) is 13.5. The number of carbonyl (C=O) groups excluding carboxylic acids is 2. The Kier molecular flexibility index (Phi) is 5.61. The lowest BCUT2D eigenvalue weighted by molar-refractivity contribution is -0.121. The molecule has 2 aliphatic rings. The molecule has 2 heterocycles. The minimum Gasteiger partial charge on any atom is -0.325 e. The van der Waals surface area contributed by atoms with Crippen molar-refractivity contribution in [2.24, 2.45) is 10.9 Å². The van der Waals surface area contributed by atoms with E-state index in [9.17, 15) is 14.0 Å². The second kappa shape index (κ2) is 8.32. The van der Waals surface area contributed by atoms with Crippen molar-refractivity contribution in [2.75, 3.05) is 22.5 Å². The molecule has 2 unspecified atom stereocenters. The van der Waals surface area contributed by atoms with Gasteiger partial charge in [-0.05, 0) is 36.8 Å². The van der Waals surface area contributed by atoms with E-state index in [2.05, 4.69) is 21.2 Å². The molecule has 1 saturated heterocycles. The van der Waals surface area contributed by atoms with E-state index < -0.39 is 5.82 Å². The van der Waals surface area contributed by atoms with Gasteiger partial charge in [0.15, 0.2) is 5.17 Å². The highest BCUT2D eigenvalue weighted by Gasteiger charge is 2.42. The largest absolute Gasteiger partial charge is 0.325 e. The zero-order valence-electron chi connectivity index (χ0n) is 15.7. The molecule has 0 spiro atoms. The maximum atomic E-state index is 13.4. The number of thioether (sulfide) groups is 1. The summed E-state index contributed by atoms with van der Waals surface area (Å²) < 4.78 is 13.4. The lowest BCUT2D eigenvalue weighted by Gasteiger charge is -2.32. The molecule has 0 radical (unpaired) electrons. The predicted molar refractivity (Wildman–Crippen MR) is 112 cm³/mol. The highest BCUT2D eigenvalue weighted by atomic mass is 32.2. The molecule has 7 nitrogen and oxygen atoms in total. The molecule has 4 rings (SSSR count). The van der Waals surface area contributed by atoms with Crippen LogP contribution in [0.1, 0.15) is 5.56 Å². The summed E-state index contributed by atoms with van der Waals surface area (Å²) in [5.41, 5.74) is 7.86. The van der Waals surface area contributed by atoms with Gasteiger partial charge >= 0.3 is 0 Å². The number of nitrogens with zero attached hydrogens (tertiary/aromatic N) is 2. The molecule has 2 aromatic rings. The molecule has 0 saturated carbocycles. The smallest absolute Gasteiger partial charge is 0.241 e. The van der Waals surface area contributed by atoms with Crippen LogP contribution in [0.3, 0.4) is 0 Å².